The van der Waals surface area contributed by atoms with Crippen molar-refractivity contribution in [2.75, 3.05) is 12.9 Å². The zero-order valence-corrected chi connectivity index (χ0v) is 14.3. The molecule has 0 fully saturated rings. The fourth-order valence-corrected chi connectivity index (χ4v) is 4.33. The minimum Gasteiger partial charge on any atom is -0.496 e. The molecular formula is C17H18BrNOS. The molecule has 2 nitrogen and oxygen atoms in total. The van der Waals surface area contributed by atoms with Gasteiger partial charge in [-0.25, -0.2) is 0 Å². The van der Waals surface area contributed by atoms with Gasteiger partial charge in [0.2, 0.25) is 0 Å². The topological polar surface area (TPSA) is 21.3 Å². The van der Waals surface area contributed by atoms with Crippen LogP contribution in [0.2, 0.25) is 0 Å². The van der Waals surface area contributed by atoms with E-state index in [1.165, 1.54) is 28.2 Å². The Hall–Kier alpha value is -0.970. The van der Waals surface area contributed by atoms with Gasteiger partial charge >= 0.3 is 0 Å². The molecule has 1 atom stereocenters. The molecular weight excluding hydrogens is 346 g/mol. The van der Waals surface area contributed by atoms with Crippen LogP contribution in [-0.2, 0) is 6.54 Å². The van der Waals surface area contributed by atoms with Gasteiger partial charge in [-0.3, -0.25) is 0 Å². The van der Waals surface area contributed by atoms with Crippen LogP contribution in [0.1, 0.15) is 23.6 Å². The van der Waals surface area contributed by atoms with Crippen molar-refractivity contribution in [3.8, 4) is 5.75 Å². The highest BCUT2D eigenvalue weighted by Crippen LogP contribution is 2.36. The fraction of sp³-hybridized carbons (Fsp3) is 0.294. The lowest BCUT2D eigenvalue weighted by atomic mass is 10.0. The van der Waals surface area contributed by atoms with Gasteiger partial charge in [0, 0.05) is 17.5 Å². The first kappa shape index (κ1) is 14.9. The number of fused-ring (bicyclic) bond motifs is 1. The van der Waals surface area contributed by atoms with Crippen molar-refractivity contribution in [3.63, 3.8) is 0 Å². The summed E-state index contributed by atoms with van der Waals surface area (Å²) in [5, 5.41) is 3.68. The number of hydrogen-bond donors (Lipinski definition) is 1. The van der Waals surface area contributed by atoms with E-state index in [9.17, 15) is 0 Å². The number of ether oxygens (including phenoxy) is 1. The highest BCUT2D eigenvalue weighted by atomic mass is 79.9. The monoisotopic (exact) mass is 363 g/mol. The number of rotatable bonds is 4. The largest absolute Gasteiger partial charge is 0.496 e. The normalized spacial score (nSPS) is 17.3. The Morgan fingerprint density at radius 3 is 2.95 bits per heavy atom. The molecule has 3 rings (SSSR count). The maximum Gasteiger partial charge on any atom is 0.133 e. The number of thioether (sulfide) groups is 1. The molecule has 0 saturated carbocycles. The molecule has 1 aliphatic heterocycles. The number of benzene rings is 2. The number of methoxy groups -OCH3 is 1. The molecule has 21 heavy (non-hydrogen) atoms. The molecule has 0 saturated heterocycles. The second-order valence-corrected chi connectivity index (χ2v) is 7.07. The third-order valence-electron chi connectivity index (χ3n) is 3.73. The lowest BCUT2D eigenvalue weighted by Gasteiger charge is -2.26. The molecule has 2 aromatic carbocycles. The van der Waals surface area contributed by atoms with Crippen LogP contribution < -0.4 is 10.1 Å². The second kappa shape index (κ2) is 6.86. The lowest BCUT2D eigenvalue weighted by molar-refractivity contribution is 0.411. The molecule has 0 aliphatic carbocycles. The average Bonchev–Trinajstić information content (AvgIpc) is 2.53. The van der Waals surface area contributed by atoms with Crippen LogP contribution in [0.3, 0.4) is 0 Å². The molecule has 0 radical (unpaired) electrons. The van der Waals surface area contributed by atoms with Gasteiger partial charge in [-0.1, -0.05) is 24.3 Å². The molecule has 0 aromatic heterocycles. The van der Waals surface area contributed by atoms with Crippen molar-refractivity contribution >= 4 is 27.7 Å². The minimum atomic E-state index is 0.448. The Kier molecular flexibility index (Phi) is 4.88. The molecule has 0 amide bonds. The third kappa shape index (κ3) is 3.44. The highest BCUT2D eigenvalue weighted by molar-refractivity contribution is 9.10. The summed E-state index contributed by atoms with van der Waals surface area (Å²) in [5.41, 5.74) is 2.69. The first-order valence-corrected chi connectivity index (χ1v) is 8.83. The molecule has 1 unspecified atom stereocenters. The van der Waals surface area contributed by atoms with Gasteiger partial charge in [-0.05, 0) is 57.4 Å². The molecule has 0 spiro atoms. The van der Waals surface area contributed by atoms with Crippen molar-refractivity contribution in [1.82, 2.24) is 5.32 Å². The van der Waals surface area contributed by atoms with Gasteiger partial charge in [-0.2, -0.15) is 0 Å². The molecule has 2 aromatic rings. The minimum absolute atomic E-state index is 0.448. The Morgan fingerprint density at radius 1 is 1.29 bits per heavy atom. The SMILES string of the molecule is COc1ccc(CNC2CCSc3ccccc32)cc1Br. The summed E-state index contributed by atoms with van der Waals surface area (Å²) in [6.07, 6.45) is 1.18. The van der Waals surface area contributed by atoms with Crippen molar-refractivity contribution in [3.05, 3.63) is 58.1 Å². The first-order chi connectivity index (χ1) is 10.3. The summed E-state index contributed by atoms with van der Waals surface area (Å²) in [6, 6.07) is 15.4. The van der Waals surface area contributed by atoms with Gasteiger partial charge in [-0.15, -0.1) is 11.8 Å². The Bertz CT molecular complexity index is 632. The van der Waals surface area contributed by atoms with Crippen LogP contribution in [0, 0.1) is 0 Å². The van der Waals surface area contributed by atoms with Crippen molar-refractivity contribution in [2.45, 2.75) is 23.9 Å². The quantitative estimate of drug-likeness (QED) is 0.843. The van der Waals surface area contributed by atoms with E-state index in [2.05, 4.69) is 57.6 Å². The highest BCUT2D eigenvalue weighted by Gasteiger charge is 2.19. The molecule has 1 heterocycles. The molecule has 1 aliphatic rings. The van der Waals surface area contributed by atoms with Crippen LogP contribution in [0.4, 0.5) is 0 Å². The van der Waals surface area contributed by atoms with E-state index in [1.54, 1.807) is 7.11 Å². The van der Waals surface area contributed by atoms with Crippen LogP contribution in [0.15, 0.2) is 51.8 Å². The third-order valence-corrected chi connectivity index (χ3v) is 5.47. The molecule has 0 bridgehead atoms. The first-order valence-electron chi connectivity index (χ1n) is 7.05. The van der Waals surface area contributed by atoms with E-state index in [-0.39, 0.29) is 0 Å². The second-order valence-electron chi connectivity index (χ2n) is 5.08. The van der Waals surface area contributed by atoms with Gasteiger partial charge in [0.05, 0.1) is 11.6 Å². The Morgan fingerprint density at radius 2 is 2.14 bits per heavy atom. The van der Waals surface area contributed by atoms with E-state index in [0.717, 1.165) is 16.8 Å². The predicted octanol–water partition coefficient (Wildman–Crippen LogP) is 4.78. The van der Waals surface area contributed by atoms with E-state index in [4.69, 9.17) is 4.74 Å². The van der Waals surface area contributed by atoms with E-state index in [1.807, 2.05) is 17.8 Å². The van der Waals surface area contributed by atoms with E-state index >= 15 is 0 Å². The summed E-state index contributed by atoms with van der Waals surface area (Å²) >= 11 is 5.50. The zero-order valence-electron chi connectivity index (χ0n) is 11.9. The molecule has 4 heteroatoms. The summed E-state index contributed by atoms with van der Waals surface area (Å²) in [6.45, 7) is 0.867. The number of hydrogen-bond acceptors (Lipinski definition) is 3. The van der Waals surface area contributed by atoms with Crippen LogP contribution in [0.5, 0.6) is 5.75 Å². The maximum absolute atomic E-state index is 5.27. The number of nitrogens with one attached hydrogen (secondary N) is 1. The van der Waals surface area contributed by atoms with E-state index in [0.29, 0.717) is 6.04 Å². The van der Waals surface area contributed by atoms with Crippen LogP contribution in [0.25, 0.3) is 0 Å². The standard InChI is InChI=1S/C17H18BrNOS/c1-20-16-7-6-12(10-14(16)18)11-19-15-8-9-21-17-5-3-2-4-13(15)17/h2-7,10,15,19H,8-9,11H2,1H3. The maximum atomic E-state index is 5.27. The smallest absolute Gasteiger partial charge is 0.133 e. The van der Waals surface area contributed by atoms with Gasteiger partial charge < -0.3 is 10.1 Å². The lowest BCUT2D eigenvalue weighted by Crippen LogP contribution is -2.24. The zero-order chi connectivity index (χ0) is 14.7. The summed E-state index contributed by atoms with van der Waals surface area (Å²) < 4.78 is 6.27. The van der Waals surface area contributed by atoms with Crippen LogP contribution in [-0.4, -0.2) is 12.9 Å². The summed E-state index contributed by atoms with van der Waals surface area (Å²) in [5.74, 6) is 2.05. The Balaban J connectivity index is 1.70. The summed E-state index contributed by atoms with van der Waals surface area (Å²) in [4.78, 5) is 1.41. The van der Waals surface area contributed by atoms with Crippen molar-refractivity contribution in [2.24, 2.45) is 0 Å². The molecule has 110 valence electrons. The molecule has 1 N–H and O–H groups in total. The van der Waals surface area contributed by atoms with Gasteiger partial charge in [0.1, 0.15) is 5.75 Å². The predicted molar refractivity (Wildman–Crippen MR) is 92.1 cm³/mol. The van der Waals surface area contributed by atoms with Gasteiger partial charge in [0.15, 0.2) is 0 Å². The van der Waals surface area contributed by atoms with Crippen molar-refractivity contribution < 1.29 is 4.74 Å². The number of halogens is 1. The fourth-order valence-electron chi connectivity index (χ4n) is 2.62. The van der Waals surface area contributed by atoms with Crippen molar-refractivity contribution in [1.29, 1.82) is 0 Å². The summed E-state index contributed by atoms with van der Waals surface area (Å²) in [7, 11) is 1.69. The Labute approximate surface area is 138 Å². The van der Waals surface area contributed by atoms with E-state index < -0.39 is 0 Å². The average molecular weight is 364 g/mol. The van der Waals surface area contributed by atoms with Crippen LogP contribution >= 0.6 is 27.7 Å². The van der Waals surface area contributed by atoms with Gasteiger partial charge in [0.25, 0.3) is 0 Å².